The highest BCUT2D eigenvalue weighted by Crippen LogP contribution is 2.39. The van der Waals surface area contributed by atoms with Crippen molar-refractivity contribution < 1.29 is 18.9 Å². The molecule has 9 heteroatoms. The second kappa shape index (κ2) is 12.4. The van der Waals surface area contributed by atoms with Crippen molar-refractivity contribution in [3.63, 3.8) is 0 Å². The predicted molar refractivity (Wildman–Crippen MR) is 133 cm³/mol. The minimum atomic E-state index is -0.488. The molecule has 1 aliphatic rings. The number of aldehydes is 1. The molecule has 8 nitrogen and oxygen atoms in total. The summed E-state index contributed by atoms with van der Waals surface area (Å²) in [7, 11) is 3.44. The Morgan fingerprint density at radius 1 is 1.33 bits per heavy atom. The van der Waals surface area contributed by atoms with Crippen molar-refractivity contribution >= 4 is 35.3 Å². The molecule has 33 heavy (non-hydrogen) atoms. The lowest BCUT2D eigenvalue weighted by Crippen LogP contribution is -2.41. The highest BCUT2D eigenvalue weighted by atomic mass is 32.2. The summed E-state index contributed by atoms with van der Waals surface area (Å²) >= 11 is 0.801. The fraction of sp³-hybridized carbons (Fsp3) is 0.625. The summed E-state index contributed by atoms with van der Waals surface area (Å²) in [6.07, 6.45) is 4.32. The van der Waals surface area contributed by atoms with Gasteiger partial charge in [-0.1, -0.05) is 18.2 Å². The molecular weight excluding hydrogens is 440 g/mol. The molecule has 1 aromatic carbocycles. The Labute approximate surface area is 201 Å². The van der Waals surface area contributed by atoms with Crippen molar-refractivity contribution in [1.29, 1.82) is 0 Å². The topological polar surface area (TPSA) is 111 Å². The number of likely N-dealkylation sites (tertiary alicyclic amines) is 1. The van der Waals surface area contributed by atoms with E-state index in [1.54, 1.807) is 4.90 Å². The number of piperidine rings is 1. The SMILES string of the molecule is CN.Cn1nc(C(CCCC=O)SO)c2cccc(C3CCN(C(=O)OC(C)(C)C)CC3)c21. The van der Waals surface area contributed by atoms with E-state index in [-0.39, 0.29) is 11.3 Å². The Bertz CT molecular complexity index is 917. The molecule has 0 spiro atoms. The molecular formula is C24H38N4O4S. The fourth-order valence-electron chi connectivity index (χ4n) is 4.29. The number of rotatable bonds is 7. The largest absolute Gasteiger partial charge is 0.444 e. The first-order chi connectivity index (χ1) is 15.7. The van der Waals surface area contributed by atoms with Gasteiger partial charge in [0.15, 0.2) is 0 Å². The fourth-order valence-corrected chi connectivity index (χ4v) is 4.83. The number of para-hydroxylation sites is 1. The highest BCUT2D eigenvalue weighted by Gasteiger charge is 2.29. The molecule has 0 saturated carbocycles. The Morgan fingerprint density at radius 2 is 2.00 bits per heavy atom. The first-order valence-electron chi connectivity index (χ1n) is 11.5. The number of hydrogen-bond donors (Lipinski definition) is 2. The van der Waals surface area contributed by atoms with E-state index >= 15 is 0 Å². The first-order valence-corrected chi connectivity index (χ1v) is 12.3. The molecule has 1 atom stereocenters. The van der Waals surface area contributed by atoms with E-state index in [1.165, 1.54) is 12.6 Å². The summed E-state index contributed by atoms with van der Waals surface area (Å²) in [5, 5.41) is 5.63. The van der Waals surface area contributed by atoms with Gasteiger partial charge in [0.25, 0.3) is 0 Å². The second-order valence-corrected chi connectivity index (χ2v) is 9.97. The predicted octanol–water partition coefficient (Wildman–Crippen LogP) is 4.88. The van der Waals surface area contributed by atoms with E-state index in [2.05, 4.69) is 17.9 Å². The smallest absolute Gasteiger partial charge is 0.410 e. The number of nitrogens with zero attached hydrogens (tertiary/aromatic N) is 3. The van der Waals surface area contributed by atoms with Crippen LogP contribution in [0.3, 0.4) is 0 Å². The van der Waals surface area contributed by atoms with Crippen molar-refractivity contribution in [1.82, 2.24) is 14.7 Å². The number of aromatic nitrogens is 2. The van der Waals surface area contributed by atoms with Crippen LogP contribution in [-0.4, -0.2) is 57.4 Å². The van der Waals surface area contributed by atoms with Crippen molar-refractivity contribution in [2.24, 2.45) is 12.8 Å². The van der Waals surface area contributed by atoms with Crippen LogP contribution in [0.4, 0.5) is 4.79 Å². The number of hydrogen-bond acceptors (Lipinski definition) is 7. The number of amides is 1. The number of carbonyl (C=O) groups excluding carboxylic acids is 2. The molecule has 0 aliphatic carbocycles. The van der Waals surface area contributed by atoms with Crippen LogP contribution in [0.25, 0.3) is 10.9 Å². The average Bonchev–Trinajstić information content (AvgIpc) is 3.14. The van der Waals surface area contributed by atoms with Crippen LogP contribution in [0.15, 0.2) is 18.2 Å². The third-order valence-electron chi connectivity index (χ3n) is 5.73. The van der Waals surface area contributed by atoms with Gasteiger partial charge in [0.2, 0.25) is 0 Å². The number of unbranched alkanes of at least 4 members (excludes halogenated alkanes) is 1. The minimum Gasteiger partial charge on any atom is -0.444 e. The first kappa shape index (κ1) is 27.1. The average molecular weight is 479 g/mol. The van der Waals surface area contributed by atoms with Gasteiger partial charge in [-0.3, -0.25) is 4.68 Å². The molecule has 2 heterocycles. The van der Waals surface area contributed by atoms with Gasteiger partial charge >= 0.3 is 6.09 Å². The quantitative estimate of drug-likeness (QED) is 0.331. The molecule has 3 rings (SSSR count). The molecule has 1 unspecified atom stereocenters. The van der Waals surface area contributed by atoms with E-state index in [9.17, 15) is 14.1 Å². The molecule has 1 aromatic heterocycles. The Morgan fingerprint density at radius 3 is 2.58 bits per heavy atom. The van der Waals surface area contributed by atoms with Gasteiger partial charge in [-0.2, -0.15) is 5.10 Å². The van der Waals surface area contributed by atoms with Crippen molar-refractivity contribution in [3.8, 4) is 0 Å². The van der Waals surface area contributed by atoms with Crippen LogP contribution in [0, 0.1) is 0 Å². The number of benzene rings is 1. The maximum Gasteiger partial charge on any atom is 0.410 e. The number of aryl methyl sites for hydroxylation is 1. The van der Waals surface area contributed by atoms with E-state index in [1.807, 2.05) is 38.6 Å². The number of ether oxygens (including phenoxy) is 1. The summed E-state index contributed by atoms with van der Waals surface area (Å²) in [5.74, 6) is 0.334. The lowest BCUT2D eigenvalue weighted by Gasteiger charge is -2.33. The maximum atomic E-state index is 12.4. The summed E-state index contributed by atoms with van der Waals surface area (Å²) in [5.41, 5.74) is 7.20. The molecule has 1 saturated heterocycles. The van der Waals surface area contributed by atoms with Gasteiger partial charge in [-0.15, -0.1) is 0 Å². The van der Waals surface area contributed by atoms with Gasteiger partial charge in [0, 0.05) is 31.9 Å². The summed E-state index contributed by atoms with van der Waals surface area (Å²) in [6.45, 7) is 6.99. The van der Waals surface area contributed by atoms with Crippen molar-refractivity contribution in [3.05, 3.63) is 29.5 Å². The minimum absolute atomic E-state index is 0.159. The summed E-state index contributed by atoms with van der Waals surface area (Å²) in [6, 6.07) is 6.25. The molecule has 0 radical (unpaired) electrons. The Balaban J connectivity index is 0.00000187. The molecule has 2 aromatic rings. The Hall–Kier alpha value is -2.10. The summed E-state index contributed by atoms with van der Waals surface area (Å²) in [4.78, 5) is 24.8. The zero-order valence-corrected chi connectivity index (χ0v) is 21.2. The van der Waals surface area contributed by atoms with E-state index in [4.69, 9.17) is 9.84 Å². The number of carbonyl (C=O) groups is 2. The molecule has 184 valence electrons. The zero-order chi connectivity index (χ0) is 24.6. The molecule has 0 bridgehead atoms. The molecule has 3 N–H and O–H groups in total. The Kier molecular flexibility index (Phi) is 10.2. The monoisotopic (exact) mass is 478 g/mol. The van der Waals surface area contributed by atoms with Crippen LogP contribution in [0.2, 0.25) is 0 Å². The molecule has 1 fully saturated rings. The lowest BCUT2D eigenvalue weighted by molar-refractivity contribution is -0.107. The van der Waals surface area contributed by atoms with Gasteiger partial charge < -0.3 is 24.7 Å². The van der Waals surface area contributed by atoms with Crippen LogP contribution in [0.1, 0.15) is 75.3 Å². The standard InChI is InChI=1S/C23H33N3O4S.CH5N/c1-23(2,3)30-22(28)26-13-11-16(12-14-26)17-8-7-9-18-20(24-25(4)21(17)18)19(31-29)10-5-6-15-27;1-2/h7-9,15-16,19,29H,5-6,10-14H2,1-4H3;2H2,1H3. The molecule has 1 aliphatic heterocycles. The van der Waals surface area contributed by atoms with E-state index in [0.29, 0.717) is 31.8 Å². The van der Waals surface area contributed by atoms with Crippen molar-refractivity contribution in [2.45, 2.75) is 69.6 Å². The zero-order valence-electron chi connectivity index (χ0n) is 20.4. The lowest BCUT2D eigenvalue weighted by atomic mass is 9.88. The van der Waals surface area contributed by atoms with Crippen LogP contribution < -0.4 is 5.73 Å². The van der Waals surface area contributed by atoms with Crippen LogP contribution in [0.5, 0.6) is 0 Å². The number of fused-ring (bicyclic) bond motifs is 1. The highest BCUT2D eigenvalue weighted by molar-refractivity contribution is 7.94. The molecule has 1 amide bonds. The third kappa shape index (κ3) is 6.94. The summed E-state index contributed by atoms with van der Waals surface area (Å²) < 4.78 is 17.3. The third-order valence-corrected chi connectivity index (χ3v) is 6.44. The second-order valence-electron chi connectivity index (χ2n) is 9.19. The van der Waals surface area contributed by atoms with Gasteiger partial charge in [-0.05, 0) is 77.0 Å². The van der Waals surface area contributed by atoms with Crippen molar-refractivity contribution in [2.75, 3.05) is 20.1 Å². The van der Waals surface area contributed by atoms with E-state index in [0.717, 1.165) is 54.2 Å². The van der Waals surface area contributed by atoms with E-state index < -0.39 is 5.60 Å². The van der Waals surface area contributed by atoms with Gasteiger partial charge in [0.1, 0.15) is 11.9 Å². The number of nitrogens with two attached hydrogens (primary N) is 1. The normalized spacial score (nSPS) is 15.7. The van der Waals surface area contributed by atoms with Crippen LogP contribution >= 0.6 is 12.0 Å². The van der Waals surface area contributed by atoms with Crippen LogP contribution in [-0.2, 0) is 16.6 Å². The maximum absolute atomic E-state index is 12.4. The van der Waals surface area contributed by atoms with Gasteiger partial charge in [-0.25, -0.2) is 4.79 Å². The van der Waals surface area contributed by atoms with Gasteiger partial charge in [0.05, 0.1) is 16.5 Å².